The lowest BCUT2D eigenvalue weighted by Crippen LogP contribution is -2.49. The number of benzene rings is 2. The molecule has 1 fully saturated rings. The van der Waals surface area contributed by atoms with Crippen molar-refractivity contribution in [3.05, 3.63) is 69.7 Å². The van der Waals surface area contributed by atoms with Crippen LogP contribution < -0.4 is 5.32 Å². The molecule has 2 atom stereocenters. The number of hydrogen-bond donors (Lipinski definition) is 1. The minimum absolute atomic E-state index is 0.0950. The SMILES string of the molecule is O=C(NCc1ccccc1)ON1C(=O)COC2Cc3ccc(Br)cc3C21. The van der Waals surface area contributed by atoms with Gasteiger partial charge >= 0.3 is 6.09 Å². The van der Waals surface area contributed by atoms with Crippen LogP contribution in [0.15, 0.2) is 53.0 Å². The van der Waals surface area contributed by atoms with Gasteiger partial charge in [-0.25, -0.2) is 4.79 Å². The molecule has 6 nitrogen and oxygen atoms in total. The summed E-state index contributed by atoms with van der Waals surface area (Å²) in [6.45, 7) is 0.233. The summed E-state index contributed by atoms with van der Waals surface area (Å²) in [6.07, 6.45) is -0.184. The Morgan fingerprint density at radius 2 is 2.08 bits per heavy atom. The zero-order chi connectivity index (χ0) is 18.1. The highest BCUT2D eigenvalue weighted by Crippen LogP contribution is 2.41. The number of amides is 2. The van der Waals surface area contributed by atoms with E-state index in [2.05, 4.69) is 21.2 Å². The molecule has 26 heavy (non-hydrogen) atoms. The fourth-order valence-corrected chi connectivity index (χ4v) is 3.76. The number of rotatable bonds is 3. The van der Waals surface area contributed by atoms with Crippen LogP contribution in [0.3, 0.4) is 0 Å². The lowest BCUT2D eigenvalue weighted by atomic mass is 10.1. The van der Waals surface area contributed by atoms with Gasteiger partial charge < -0.3 is 14.9 Å². The van der Waals surface area contributed by atoms with Crippen molar-refractivity contribution in [1.82, 2.24) is 10.4 Å². The topological polar surface area (TPSA) is 67.9 Å². The van der Waals surface area contributed by atoms with E-state index >= 15 is 0 Å². The lowest BCUT2D eigenvalue weighted by Gasteiger charge is -2.35. The summed E-state index contributed by atoms with van der Waals surface area (Å²) in [4.78, 5) is 29.9. The standard InChI is InChI=1S/C19H17BrN2O4/c20-14-7-6-13-8-16-18(15(13)9-14)22(17(23)11-25-16)26-19(24)21-10-12-4-2-1-3-5-12/h1-7,9,16,18H,8,10-11H2,(H,21,24). The average molecular weight is 417 g/mol. The van der Waals surface area contributed by atoms with E-state index in [0.717, 1.165) is 26.2 Å². The molecular formula is C19H17BrN2O4. The van der Waals surface area contributed by atoms with Crippen LogP contribution in [0.4, 0.5) is 4.79 Å². The van der Waals surface area contributed by atoms with Crippen molar-refractivity contribution in [3.63, 3.8) is 0 Å². The molecule has 1 aliphatic carbocycles. The third-order valence-corrected chi connectivity index (χ3v) is 5.07. The summed E-state index contributed by atoms with van der Waals surface area (Å²) in [5.41, 5.74) is 2.98. The van der Waals surface area contributed by atoms with Gasteiger partial charge in [-0.1, -0.05) is 52.3 Å². The van der Waals surface area contributed by atoms with Gasteiger partial charge in [-0.15, -0.1) is 0 Å². The molecule has 2 aromatic carbocycles. The molecular weight excluding hydrogens is 400 g/mol. The van der Waals surface area contributed by atoms with E-state index in [0.29, 0.717) is 13.0 Å². The number of nitrogens with zero attached hydrogens (tertiary/aromatic N) is 1. The molecule has 1 aliphatic heterocycles. The van der Waals surface area contributed by atoms with E-state index in [4.69, 9.17) is 9.57 Å². The maximum Gasteiger partial charge on any atom is 0.432 e. The van der Waals surface area contributed by atoms with Gasteiger partial charge in [-0.2, -0.15) is 5.06 Å². The third-order valence-electron chi connectivity index (χ3n) is 4.58. The van der Waals surface area contributed by atoms with Crippen molar-refractivity contribution >= 4 is 27.9 Å². The molecule has 2 aliphatic rings. The Balaban J connectivity index is 1.49. The molecule has 2 amide bonds. The smallest absolute Gasteiger partial charge is 0.365 e. The number of carbonyl (C=O) groups is 2. The van der Waals surface area contributed by atoms with Gasteiger partial charge in [-0.3, -0.25) is 4.79 Å². The summed E-state index contributed by atoms with van der Waals surface area (Å²) in [7, 11) is 0. The van der Waals surface area contributed by atoms with Crippen LogP contribution >= 0.6 is 15.9 Å². The van der Waals surface area contributed by atoms with Crippen LogP contribution in [-0.2, 0) is 27.3 Å². The van der Waals surface area contributed by atoms with Crippen LogP contribution in [0.2, 0.25) is 0 Å². The van der Waals surface area contributed by atoms with Gasteiger partial charge in [0.1, 0.15) is 12.6 Å². The van der Waals surface area contributed by atoms with Crippen LogP contribution in [-0.4, -0.2) is 29.8 Å². The van der Waals surface area contributed by atoms with Crippen molar-refractivity contribution in [2.45, 2.75) is 25.1 Å². The van der Waals surface area contributed by atoms with Crippen molar-refractivity contribution in [2.75, 3.05) is 6.61 Å². The average Bonchev–Trinajstić information content (AvgIpc) is 3.01. The number of halogens is 1. The monoisotopic (exact) mass is 416 g/mol. The predicted octanol–water partition coefficient (Wildman–Crippen LogP) is 3.12. The van der Waals surface area contributed by atoms with Crippen LogP contribution in [0.1, 0.15) is 22.7 Å². The van der Waals surface area contributed by atoms with Gasteiger partial charge in [0.25, 0.3) is 5.91 Å². The van der Waals surface area contributed by atoms with Gasteiger partial charge in [0.15, 0.2) is 0 Å². The van der Waals surface area contributed by atoms with Crippen molar-refractivity contribution in [1.29, 1.82) is 0 Å². The number of nitrogens with one attached hydrogen (secondary N) is 1. The molecule has 1 heterocycles. The molecule has 134 valence electrons. The lowest BCUT2D eigenvalue weighted by molar-refractivity contribution is -0.212. The molecule has 2 aromatic rings. The second kappa shape index (κ2) is 7.09. The molecule has 0 radical (unpaired) electrons. The second-order valence-corrected chi connectivity index (χ2v) is 7.19. The van der Waals surface area contributed by atoms with Crippen LogP contribution in [0.5, 0.6) is 0 Å². The van der Waals surface area contributed by atoms with E-state index in [-0.39, 0.29) is 18.6 Å². The highest BCUT2D eigenvalue weighted by Gasteiger charge is 2.45. The maximum absolute atomic E-state index is 12.3. The first kappa shape index (κ1) is 17.1. The van der Waals surface area contributed by atoms with Crippen molar-refractivity contribution in [2.24, 2.45) is 0 Å². The first-order valence-corrected chi connectivity index (χ1v) is 9.13. The zero-order valence-electron chi connectivity index (χ0n) is 13.9. The third kappa shape index (κ3) is 3.32. The molecule has 7 heteroatoms. The Kier molecular flexibility index (Phi) is 4.65. The number of hydroxylamine groups is 2. The van der Waals surface area contributed by atoms with Gasteiger partial charge in [0, 0.05) is 17.4 Å². The molecule has 0 spiro atoms. The van der Waals surface area contributed by atoms with Crippen molar-refractivity contribution < 1.29 is 19.2 Å². The normalized spacial score (nSPS) is 21.1. The second-order valence-electron chi connectivity index (χ2n) is 6.28. The van der Waals surface area contributed by atoms with E-state index in [1.165, 1.54) is 0 Å². The number of hydrogen-bond acceptors (Lipinski definition) is 4. The highest BCUT2D eigenvalue weighted by molar-refractivity contribution is 9.10. The molecule has 0 saturated carbocycles. The number of fused-ring (bicyclic) bond motifs is 3. The highest BCUT2D eigenvalue weighted by atomic mass is 79.9. The van der Waals surface area contributed by atoms with E-state index in [1.807, 2.05) is 48.5 Å². The molecule has 1 N–H and O–H groups in total. The van der Waals surface area contributed by atoms with Gasteiger partial charge in [0.2, 0.25) is 0 Å². The summed E-state index contributed by atoms with van der Waals surface area (Å²) in [6, 6.07) is 15.0. The maximum atomic E-state index is 12.3. The Bertz CT molecular complexity index is 843. The Hall–Kier alpha value is -2.38. The first-order chi connectivity index (χ1) is 12.6. The molecule has 1 saturated heterocycles. The minimum Gasteiger partial charge on any atom is -0.365 e. The molecule has 0 aromatic heterocycles. The predicted molar refractivity (Wildman–Crippen MR) is 96.9 cm³/mol. The summed E-state index contributed by atoms with van der Waals surface area (Å²) < 4.78 is 6.57. The fourth-order valence-electron chi connectivity index (χ4n) is 3.38. The first-order valence-electron chi connectivity index (χ1n) is 8.33. The zero-order valence-corrected chi connectivity index (χ0v) is 15.4. The van der Waals surface area contributed by atoms with Crippen molar-refractivity contribution in [3.8, 4) is 0 Å². The summed E-state index contributed by atoms with van der Waals surface area (Å²) >= 11 is 3.45. The van der Waals surface area contributed by atoms with Crippen LogP contribution in [0.25, 0.3) is 0 Å². The molecule has 4 rings (SSSR count). The van der Waals surface area contributed by atoms with Gasteiger partial charge in [0.05, 0.1) is 6.10 Å². The summed E-state index contributed by atoms with van der Waals surface area (Å²) in [5.74, 6) is -0.367. The quantitative estimate of drug-likeness (QED) is 0.834. The Morgan fingerprint density at radius 1 is 1.27 bits per heavy atom. The number of morpholine rings is 1. The van der Waals surface area contributed by atoms with E-state index in [9.17, 15) is 9.59 Å². The van der Waals surface area contributed by atoms with Gasteiger partial charge in [-0.05, 0) is 28.8 Å². The summed E-state index contributed by atoms with van der Waals surface area (Å²) in [5, 5.41) is 3.84. The molecule has 0 bridgehead atoms. The van der Waals surface area contributed by atoms with E-state index < -0.39 is 12.1 Å². The molecule has 2 unspecified atom stereocenters. The largest absolute Gasteiger partial charge is 0.432 e. The van der Waals surface area contributed by atoms with E-state index in [1.54, 1.807) is 0 Å². The number of ether oxygens (including phenoxy) is 1. The Labute approximate surface area is 159 Å². The van der Waals surface area contributed by atoms with Crippen LogP contribution in [0, 0.1) is 0 Å². The Morgan fingerprint density at radius 3 is 2.88 bits per heavy atom. The fraction of sp³-hybridized carbons (Fsp3) is 0.263. The minimum atomic E-state index is -0.661. The number of carbonyl (C=O) groups excluding carboxylic acids is 2.